The van der Waals surface area contributed by atoms with Gasteiger partial charge in [-0.3, -0.25) is 0 Å². The molecule has 0 unspecified atom stereocenters. The third-order valence-corrected chi connectivity index (χ3v) is 9.34. The predicted octanol–water partition coefficient (Wildman–Crippen LogP) is 5.14. The number of fused-ring (bicyclic) bond motifs is 1. The van der Waals surface area contributed by atoms with Crippen LogP contribution < -0.4 is 10.1 Å². The van der Waals surface area contributed by atoms with Crippen LogP contribution in [0.5, 0.6) is 5.75 Å². The summed E-state index contributed by atoms with van der Waals surface area (Å²) < 4.78 is 20.0. The van der Waals surface area contributed by atoms with Gasteiger partial charge >= 0.3 is 211 Å². The number of nitrogens with one attached hydrogen (secondary N) is 1. The molecule has 1 aliphatic heterocycles. The van der Waals surface area contributed by atoms with Crippen LogP contribution in [-0.4, -0.2) is 30.5 Å². The Morgan fingerprint density at radius 3 is 2.39 bits per heavy atom. The van der Waals surface area contributed by atoms with Gasteiger partial charge in [0.05, 0.1) is 0 Å². The first-order valence-electron chi connectivity index (χ1n) is 11.4. The van der Waals surface area contributed by atoms with Crippen molar-refractivity contribution in [1.29, 1.82) is 0 Å². The van der Waals surface area contributed by atoms with Gasteiger partial charge in [0.2, 0.25) is 0 Å². The summed E-state index contributed by atoms with van der Waals surface area (Å²) in [5.74, 6) is 0.138. The Labute approximate surface area is 217 Å². The van der Waals surface area contributed by atoms with E-state index in [9.17, 15) is 14.4 Å². The molecule has 4 rings (SSSR count). The summed E-state index contributed by atoms with van der Waals surface area (Å²) in [5, 5.41) is 2.64. The average Bonchev–Trinajstić information content (AvgIpc) is 3.20. The molecule has 8 heteroatoms. The second kappa shape index (κ2) is 11.9. The molecule has 0 saturated carbocycles. The molecule has 0 bridgehead atoms. The van der Waals surface area contributed by atoms with Gasteiger partial charge in [-0.15, -0.1) is 0 Å². The van der Waals surface area contributed by atoms with Gasteiger partial charge in [-0.2, -0.15) is 0 Å². The molecule has 0 spiro atoms. The van der Waals surface area contributed by atoms with E-state index in [1.165, 1.54) is 6.92 Å². The zero-order valence-corrected chi connectivity index (χ0v) is 22.1. The fraction of sp³-hybridized carbons (Fsp3) is 0.179. The second-order valence-electron chi connectivity index (χ2n) is 7.91. The molecule has 3 aromatic carbocycles. The van der Waals surface area contributed by atoms with E-state index in [0.717, 1.165) is 14.7 Å². The van der Waals surface area contributed by atoms with E-state index in [1.807, 2.05) is 64.7 Å². The van der Waals surface area contributed by atoms with E-state index < -0.39 is 32.2 Å². The summed E-state index contributed by atoms with van der Waals surface area (Å²) in [6.45, 7) is 3.33. The molecule has 3 aromatic rings. The molecule has 1 amide bonds. The monoisotopic (exact) mass is 599 g/mol. The van der Waals surface area contributed by atoms with Crippen LogP contribution in [0.3, 0.4) is 0 Å². The third kappa shape index (κ3) is 6.31. The van der Waals surface area contributed by atoms with Gasteiger partial charge in [-0.05, 0) is 6.92 Å². The van der Waals surface area contributed by atoms with E-state index in [1.54, 1.807) is 25.1 Å². The standard InChI is InChI=1S/C28H26INO6/c1-3-34-28(33)25(30-19(2)31)17-20-13-15-22(16-14-20)35-26(21-9-5-4-6-10-21)18-29-24-12-8-7-11-23(24)27(32)36-29/h4-16,18,25H,3,17H2,1-2H3,(H,30,31)/b26-18-/t25-/m0/s1. The number of benzene rings is 3. The molecule has 0 fully saturated rings. The van der Waals surface area contributed by atoms with Gasteiger partial charge in [0.15, 0.2) is 0 Å². The number of hydrogen-bond donors (Lipinski definition) is 1. The first kappa shape index (κ1) is 25.4. The third-order valence-electron chi connectivity index (χ3n) is 5.24. The molecule has 0 radical (unpaired) electrons. The SMILES string of the molecule is CCOC(=O)[C@H](Cc1ccc(O/C(=C\I2OC(=O)c3ccccc32)c2ccccc2)cc1)NC(C)=O. The van der Waals surface area contributed by atoms with Crippen molar-refractivity contribution in [2.75, 3.05) is 6.61 Å². The van der Waals surface area contributed by atoms with Gasteiger partial charge in [0.25, 0.3) is 0 Å². The molecule has 186 valence electrons. The zero-order chi connectivity index (χ0) is 25.5. The maximum absolute atomic E-state index is 12.3. The Morgan fingerprint density at radius 2 is 1.69 bits per heavy atom. The Bertz CT molecular complexity index is 1270. The number of ether oxygens (including phenoxy) is 2. The summed E-state index contributed by atoms with van der Waals surface area (Å²) >= 11 is -2.40. The van der Waals surface area contributed by atoms with Crippen molar-refractivity contribution in [1.82, 2.24) is 5.32 Å². The molecule has 1 heterocycles. The Kier molecular flexibility index (Phi) is 8.37. The maximum atomic E-state index is 12.3. The van der Waals surface area contributed by atoms with Gasteiger partial charge in [0, 0.05) is 0 Å². The van der Waals surface area contributed by atoms with E-state index in [0.29, 0.717) is 23.5 Å². The molecule has 0 aromatic heterocycles. The fourth-order valence-corrected chi connectivity index (χ4v) is 7.51. The van der Waals surface area contributed by atoms with E-state index >= 15 is 0 Å². The van der Waals surface area contributed by atoms with Crippen LogP contribution in [0, 0.1) is 3.57 Å². The summed E-state index contributed by atoms with van der Waals surface area (Å²) in [7, 11) is 0. The summed E-state index contributed by atoms with van der Waals surface area (Å²) in [6, 6.07) is 23.7. The average molecular weight is 599 g/mol. The number of hydrogen-bond acceptors (Lipinski definition) is 6. The Hall–Kier alpha value is -3.66. The van der Waals surface area contributed by atoms with Crippen LogP contribution in [-0.2, 0) is 23.8 Å². The van der Waals surface area contributed by atoms with Crippen molar-refractivity contribution in [2.24, 2.45) is 0 Å². The molecule has 0 aliphatic carbocycles. The molecule has 1 atom stereocenters. The molecule has 7 nitrogen and oxygen atoms in total. The number of amides is 1. The van der Waals surface area contributed by atoms with Crippen molar-refractivity contribution < 1.29 is 26.9 Å². The second-order valence-corrected chi connectivity index (χ2v) is 11.7. The molecular weight excluding hydrogens is 573 g/mol. The van der Waals surface area contributed by atoms with Crippen LogP contribution >= 0.6 is 20.2 Å². The first-order chi connectivity index (χ1) is 17.4. The van der Waals surface area contributed by atoms with Crippen molar-refractivity contribution in [3.8, 4) is 5.75 Å². The van der Waals surface area contributed by atoms with Crippen LogP contribution in [0.1, 0.15) is 35.3 Å². The van der Waals surface area contributed by atoms with Crippen molar-refractivity contribution in [3.63, 3.8) is 0 Å². The number of esters is 1. The molecule has 0 saturated heterocycles. The summed E-state index contributed by atoms with van der Waals surface area (Å²) in [6.07, 6.45) is 0.294. The minimum atomic E-state index is -2.40. The molecular formula is C28H26INO6. The molecule has 36 heavy (non-hydrogen) atoms. The van der Waals surface area contributed by atoms with Crippen molar-refractivity contribution in [2.45, 2.75) is 26.3 Å². The van der Waals surface area contributed by atoms with Gasteiger partial charge < -0.3 is 0 Å². The minimum absolute atomic E-state index is 0.237. The Morgan fingerprint density at radius 1 is 1.00 bits per heavy atom. The summed E-state index contributed by atoms with van der Waals surface area (Å²) in [5.41, 5.74) is 2.33. The van der Waals surface area contributed by atoms with Crippen LogP contribution in [0.2, 0.25) is 0 Å². The topological polar surface area (TPSA) is 90.9 Å². The van der Waals surface area contributed by atoms with Crippen LogP contribution in [0.4, 0.5) is 0 Å². The van der Waals surface area contributed by atoms with Gasteiger partial charge in [0.1, 0.15) is 0 Å². The zero-order valence-electron chi connectivity index (χ0n) is 19.9. The molecule has 1 N–H and O–H groups in total. The van der Waals surface area contributed by atoms with Gasteiger partial charge in [-0.1, -0.05) is 0 Å². The van der Waals surface area contributed by atoms with Crippen LogP contribution in [0.15, 0.2) is 82.9 Å². The van der Waals surface area contributed by atoms with Gasteiger partial charge in [-0.25, -0.2) is 0 Å². The van der Waals surface area contributed by atoms with E-state index in [2.05, 4.69) is 5.32 Å². The molecule has 1 aliphatic rings. The van der Waals surface area contributed by atoms with Crippen molar-refractivity contribution in [3.05, 3.63) is 103 Å². The number of carbonyl (C=O) groups is 3. The summed E-state index contributed by atoms with van der Waals surface area (Å²) in [4.78, 5) is 36.1. The normalized spacial score (nSPS) is 14.4. The Balaban J connectivity index is 1.56. The van der Waals surface area contributed by atoms with E-state index in [4.69, 9.17) is 12.5 Å². The van der Waals surface area contributed by atoms with E-state index in [-0.39, 0.29) is 18.5 Å². The first-order valence-corrected chi connectivity index (χ1v) is 14.6. The number of halogens is 1. The number of rotatable bonds is 9. The quantitative estimate of drug-likeness (QED) is 0.208. The van der Waals surface area contributed by atoms with Crippen molar-refractivity contribution >= 4 is 43.8 Å². The van der Waals surface area contributed by atoms with Crippen LogP contribution in [0.25, 0.3) is 5.76 Å². The fourth-order valence-electron chi connectivity index (χ4n) is 3.60. The number of carbonyl (C=O) groups excluding carboxylic acids is 3. The predicted molar refractivity (Wildman–Crippen MR) is 144 cm³/mol.